The van der Waals surface area contributed by atoms with E-state index >= 15 is 0 Å². The van der Waals surface area contributed by atoms with Crippen LogP contribution in [0.1, 0.15) is 13.8 Å². The molecule has 0 atom stereocenters. The Kier molecular flexibility index (Phi) is 2.65. The maximum atomic E-state index is 10.7. The summed E-state index contributed by atoms with van der Waals surface area (Å²) in [6, 6.07) is 0. The Morgan fingerprint density at radius 3 is 2.00 bits per heavy atom. The summed E-state index contributed by atoms with van der Waals surface area (Å²) in [4.78, 5) is 10.7. The number of hydrogen-bond acceptors (Lipinski definition) is 2. The van der Waals surface area contributed by atoms with Gasteiger partial charge in [-0.3, -0.25) is 4.79 Å². The van der Waals surface area contributed by atoms with Crippen LogP contribution in [0.15, 0.2) is 0 Å². The number of rotatable bonds is 1. The fourth-order valence-electron chi connectivity index (χ4n) is 0.749. The summed E-state index contributed by atoms with van der Waals surface area (Å²) in [5.74, 6) is 0.302. The summed E-state index contributed by atoms with van der Waals surface area (Å²) in [5.41, 5.74) is -0.0278. The first-order chi connectivity index (χ1) is 3.65. The number of carbonyl (C=O) groups excluding carboxylic acids is 1. The molecule has 1 fully saturated rings. The van der Waals surface area contributed by atoms with Crippen molar-refractivity contribution in [3.05, 3.63) is 0 Å². The largest absolute Gasteiger partial charge is 0.315 e. The van der Waals surface area contributed by atoms with Gasteiger partial charge in [0, 0.05) is 13.1 Å². The van der Waals surface area contributed by atoms with E-state index in [-0.39, 0.29) is 17.8 Å². The lowest BCUT2D eigenvalue weighted by Crippen LogP contribution is -2.55. The van der Waals surface area contributed by atoms with Gasteiger partial charge >= 0.3 is 0 Å². The molecule has 0 amide bonds. The molecule has 0 aromatic carbocycles. The van der Waals surface area contributed by atoms with Gasteiger partial charge in [-0.2, -0.15) is 0 Å². The second-order valence-electron chi connectivity index (χ2n) is 2.72. The molecule has 54 valence electrons. The fraction of sp³-hybridized carbons (Fsp3) is 0.833. The molecule has 0 saturated carbocycles. The van der Waals surface area contributed by atoms with Gasteiger partial charge in [-0.25, -0.2) is 0 Å². The summed E-state index contributed by atoms with van der Waals surface area (Å²) < 4.78 is 0. The number of Topliss-reactive ketones (excluding diaryl/α,β-unsaturated/α-hetero) is 1. The van der Waals surface area contributed by atoms with Crippen molar-refractivity contribution in [1.82, 2.24) is 5.32 Å². The molecule has 0 spiro atoms. The topological polar surface area (TPSA) is 29.1 Å². The molecule has 1 rings (SSSR count). The quantitative estimate of drug-likeness (QED) is 0.592. The molecule has 1 aliphatic rings. The molecule has 2 nitrogen and oxygen atoms in total. The van der Waals surface area contributed by atoms with Crippen molar-refractivity contribution in [3.63, 3.8) is 0 Å². The molecule has 0 aliphatic carbocycles. The first-order valence-corrected chi connectivity index (χ1v) is 2.87. The van der Waals surface area contributed by atoms with Crippen molar-refractivity contribution >= 4 is 18.2 Å². The second-order valence-corrected chi connectivity index (χ2v) is 2.72. The van der Waals surface area contributed by atoms with E-state index in [1.165, 1.54) is 0 Å². The average Bonchev–Trinajstić information content (AvgIpc) is 1.60. The van der Waals surface area contributed by atoms with Crippen LogP contribution in [-0.2, 0) is 4.79 Å². The highest BCUT2D eigenvalue weighted by Gasteiger charge is 2.35. The zero-order valence-corrected chi connectivity index (χ0v) is 6.55. The number of ketones is 1. The first-order valence-electron chi connectivity index (χ1n) is 2.87. The Balaban J connectivity index is 0.000000640. The highest BCUT2D eigenvalue weighted by atomic mass is 35.5. The Labute approximate surface area is 61.4 Å². The third-order valence-corrected chi connectivity index (χ3v) is 1.88. The predicted octanol–water partition coefficient (Wildman–Crippen LogP) is 0.607. The third kappa shape index (κ3) is 1.43. The lowest BCUT2D eigenvalue weighted by Gasteiger charge is -2.36. The second kappa shape index (κ2) is 2.67. The van der Waals surface area contributed by atoms with Gasteiger partial charge in [0.2, 0.25) is 0 Å². The minimum Gasteiger partial charge on any atom is -0.315 e. The Morgan fingerprint density at radius 1 is 1.56 bits per heavy atom. The lowest BCUT2D eigenvalue weighted by molar-refractivity contribution is -0.128. The van der Waals surface area contributed by atoms with Gasteiger partial charge in [0.1, 0.15) is 5.78 Å². The van der Waals surface area contributed by atoms with E-state index in [9.17, 15) is 4.79 Å². The SMILES string of the molecule is CC(=O)C1(C)CNC1.Cl. The molecule has 1 N–H and O–H groups in total. The predicted molar refractivity (Wildman–Crippen MR) is 38.9 cm³/mol. The van der Waals surface area contributed by atoms with E-state index < -0.39 is 0 Å². The van der Waals surface area contributed by atoms with Crippen LogP contribution in [-0.4, -0.2) is 18.9 Å². The Hall–Kier alpha value is -0.0800. The van der Waals surface area contributed by atoms with Crippen molar-refractivity contribution in [2.75, 3.05) is 13.1 Å². The minimum absolute atomic E-state index is 0. The molecule has 1 saturated heterocycles. The van der Waals surface area contributed by atoms with Crippen LogP contribution < -0.4 is 5.32 Å². The molecule has 1 heterocycles. The number of carbonyl (C=O) groups is 1. The zero-order chi connectivity index (χ0) is 6.20. The Bertz CT molecular complexity index is 120. The van der Waals surface area contributed by atoms with Gasteiger partial charge in [0.25, 0.3) is 0 Å². The van der Waals surface area contributed by atoms with Gasteiger partial charge in [-0.1, -0.05) is 6.92 Å². The van der Waals surface area contributed by atoms with E-state index in [0.717, 1.165) is 13.1 Å². The smallest absolute Gasteiger partial charge is 0.138 e. The molecular weight excluding hydrogens is 138 g/mol. The molecule has 3 heteroatoms. The van der Waals surface area contributed by atoms with E-state index in [4.69, 9.17) is 0 Å². The fourth-order valence-corrected chi connectivity index (χ4v) is 0.749. The van der Waals surface area contributed by atoms with E-state index in [2.05, 4.69) is 5.32 Å². The molecule has 1 aliphatic heterocycles. The van der Waals surface area contributed by atoms with Crippen LogP contribution in [0.4, 0.5) is 0 Å². The van der Waals surface area contributed by atoms with Crippen LogP contribution in [0.25, 0.3) is 0 Å². The van der Waals surface area contributed by atoms with Gasteiger partial charge < -0.3 is 5.32 Å². The molecule has 0 unspecified atom stereocenters. The van der Waals surface area contributed by atoms with Gasteiger partial charge in [-0.15, -0.1) is 12.4 Å². The molecular formula is C6H12ClNO. The van der Waals surface area contributed by atoms with Crippen LogP contribution in [0, 0.1) is 5.41 Å². The average molecular weight is 150 g/mol. The summed E-state index contributed by atoms with van der Waals surface area (Å²) in [5, 5.41) is 3.06. The van der Waals surface area contributed by atoms with E-state index in [1.807, 2.05) is 6.92 Å². The molecule has 0 bridgehead atoms. The van der Waals surface area contributed by atoms with Gasteiger partial charge in [0.05, 0.1) is 5.41 Å². The summed E-state index contributed by atoms with van der Waals surface area (Å²) in [6.45, 7) is 5.37. The highest BCUT2D eigenvalue weighted by Crippen LogP contribution is 2.21. The molecule has 0 radical (unpaired) electrons. The molecule has 0 aromatic heterocycles. The standard InChI is InChI=1S/C6H11NO.ClH/c1-5(8)6(2)3-7-4-6;/h7H,3-4H2,1-2H3;1H. The normalized spacial score (nSPS) is 21.6. The first kappa shape index (κ1) is 8.92. The Morgan fingerprint density at radius 2 is 2.00 bits per heavy atom. The third-order valence-electron chi connectivity index (χ3n) is 1.88. The maximum absolute atomic E-state index is 10.7. The summed E-state index contributed by atoms with van der Waals surface area (Å²) >= 11 is 0. The van der Waals surface area contributed by atoms with Crippen LogP contribution in [0.3, 0.4) is 0 Å². The minimum atomic E-state index is -0.0278. The van der Waals surface area contributed by atoms with Crippen LogP contribution in [0.5, 0.6) is 0 Å². The summed E-state index contributed by atoms with van der Waals surface area (Å²) in [6.07, 6.45) is 0. The van der Waals surface area contributed by atoms with E-state index in [1.54, 1.807) is 6.92 Å². The monoisotopic (exact) mass is 149 g/mol. The summed E-state index contributed by atoms with van der Waals surface area (Å²) in [7, 11) is 0. The number of nitrogens with one attached hydrogen (secondary N) is 1. The van der Waals surface area contributed by atoms with Crippen molar-refractivity contribution < 1.29 is 4.79 Å². The lowest BCUT2D eigenvalue weighted by atomic mass is 9.81. The van der Waals surface area contributed by atoms with Crippen LogP contribution in [0.2, 0.25) is 0 Å². The van der Waals surface area contributed by atoms with Crippen molar-refractivity contribution in [1.29, 1.82) is 0 Å². The van der Waals surface area contributed by atoms with Crippen molar-refractivity contribution in [2.24, 2.45) is 5.41 Å². The number of hydrogen-bond donors (Lipinski definition) is 1. The van der Waals surface area contributed by atoms with Crippen molar-refractivity contribution in [2.45, 2.75) is 13.8 Å². The maximum Gasteiger partial charge on any atom is 0.138 e. The van der Waals surface area contributed by atoms with Gasteiger partial charge in [0.15, 0.2) is 0 Å². The van der Waals surface area contributed by atoms with Crippen LogP contribution >= 0.6 is 12.4 Å². The zero-order valence-electron chi connectivity index (χ0n) is 5.73. The molecule has 9 heavy (non-hydrogen) atoms. The number of halogens is 1. The molecule has 0 aromatic rings. The van der Waals surface area contributed by atoms with E-state index in [0.29, 0.717) is 5.78 Å². The van der Waals surface area contributed by atoms with Gasteiger partial charge in [-0.05, 0) is 6.92 Å². The highest BCUT2D eigenvalue weighted by molar-refractivity contribution is 5.85. The van der Waals surface area contributed by atoms with Crippen molar-refractivity contribution in [3.8, 4) is 0 Å².